The second-order valence-electron chi connectivity index (χ2n) is 34.0. The molecule has 10 nitrogen and oxygen atoms in total. The fourth-order valence-electron chi connectivity index (χ4n) is 21.1. The highest BCUT2D eigenvalue weighted by Crippen LogP contribution is 2.63. The molecule has 618 valence electrons. The van der Waals surface area contributed by atoms with Gasteiger partial charge in [0.25, 0.3) is 0 Å². The zero-order valence-electron chi connectivity index (χ0n) is 68.5. The van der Waals surface area contributed by atoms with Crippen molar-refractivity contribution in [1.82, 2.24) is 0 Å². The number of carbonyl (C=O) groups excluding carboxylic acids is 5. The summed E-state index contributed by atoms with van der Waals surface area (Å²) in [6.07, 6.45) is 15.1. The van der Waals surface area contributed by atoms with Gasteiger partial charge in [-0.05, 0) is 297 Å². The van der Waals surface area contributed by atoms with Crippen molar-refractivity contribution < 1.29 is 49.5 Å². The number of rotatable bonds is 15. The molecule has 12 aromatic rings. The topological polar surface area (TPSA) is 198 Å². The molecule has 14 heteroatoms. The number of Topliss-reactive ketones (excluding diaryl/α,β-unsaturated/α-hetero) is 1. The molecule has 0 spiro atoms. The number of ketones is 1. The van der Waals surface area contributed by atoms with Crippen LogP contribution in [0.3, 0.4) is 0 Å². The van der Waals surface area contributed by atoms with E-state index in [-0.39, 0.29) is 55.4 Å². The van der Waals surface area contributed by atoms with E-state index in [9.17, 15) is 39.6 Å². The monoisotopic (exact) mass is 1680 g/mol. The molecule has 0 amide bonds. The third-order valence-corrected chi connectivity index (χ3v) is 34.0. The van der Waals surface area contributed by atoms with Gasteiger partial charge in [-0.15, -0.1) is 0 Å². The van der Waals surface area contributed by atoms with E-state index in [1.165, 1.54) is 78.0 Å². The van der Waals surface area contributed by atoms with Crippen molar-refractivity contribution in [2.24, 2.45) is 63.6 Å². The van der Waals surface area contributed by atoms with Crippen LogP contribution in [-0.4, -0.2) is 40.4 Å². The number of hydrogen-bond acceptors (Lipinski definition) is 10. The molecule has 12 aliphatic rings. The van der Waals surface area contributed by atoms with Crippen molar-refractivity contribution in [3.8, 4) is 0 Å². The van der Waals surface area contributed by atoms with E-state index in [2.05, 4.69) is 364 Å². The molecule has 0 aromatic heterocycles. The van der Waals surface area contributed by atoms with E-state index in [0.29, 0.717) is 60.6 Å². The van der Waals surface area contributed by atoms with Crippen molar-refractivity contribution in [3.05, 3.63) is 364 Å². The normalized spacial score (nSPS) is 24.6. The predicted octanol–water partition coefficient (Wildman–Crippen LogP) is 19.0. The Morgan fingerprint density at radius 1 is 0.248 bits per heavy atom. The van der Waals surface area contributed by atoms with Crippen LogP contribution in [0.5, 0.6) is 0 Å². The summed E-state index contributed by atoms with van der Waals surface area (Å²) in [5.41, 5.74) is -2.39. The summed E-state index contributed by atoms with van der Waals surface area (Å²) in [6, 6.07) is 129. The molecule has 1 N–H and O–H groups in total. The molecule has 0 heterocycles. The van der Waals surface area contributed by atoms with Crippen molar-refractivity contribution in [2.75, 3.05) is 0 Å². The van der Waals surface area contributed by atoms with Gasteiger partial charge < -0.3 is 44.7 Å². The van der Waals surface area contributed by atoms with Gasteiger partial charge in [0, 0.05) is 52.0 Å². The molecule has 12 bridgehead atoms. The lowest BCUT2D eigenvalue weighted by molar-refractivity contribution is -0.331. The Hall–Kier alpha value is -10.5. The van der Waals surface area contributed by atoms with Crippen LogP contribution in [0, 0.1) is 63.6 Å². The standard InChI is InChI=1S/4C18H15S.C11H16O3.C11H14O3.C11H16O2.C2H4O2/c4*1-4-10-16(11-5-1)19(17-12-6-2-7-13-17)18-14-8-3-9-15-18;12-9(13)10-2-7-1-8(3-10)5-11(14,4-7)6-10;12-9-7-1-6-2-8(9)5-11(3-6,4-7)10(13)14;12-10(13)11-4-7-1-8(5-11)3-9(2-7)6-11;1-2(3)4/h4*1-15H;7-8,14H,1-6H2,(H,12,13);6-8H,1-5H2,(H,13,14);7-9H,1-6H2,(H,12,13);1H3,(H,3,4)/q4*+1;;;;/p-4. The van der Waals surface area contributed by atoms with Gasteiger partial charge in [0.1, 0.15) is 5.78 Å². The van der Waals surface area contributed by atoms with Crippen molar-refractivity contribution in [1.29, 1.82) is 0 Å². The number of carboxylic acids is 4. The van der Waals surface area contributed by atoms with Gasteiger partial charge in [-0.25, -0.2) is 0 Å². The Balaban J connectivity index is 0.000000115. The summed E-state index contributed by atoms with van der Waals surface area (Å²) in [6.45, 7) is 0.972. The lowest BCUT2D eigenvalue weighted by Crippen LogP contribution is -2.60. The number of carbonyl (C=O) groups is 5. The van der Waals surface area contributed by atoms with Gasteiger partial charge in [-0.1, -0.05) is 218 Å². The van der Waals surface area contributed by atoms with Crippen LogP contribution in [0.15, 0.2) is 423 Å². The number of aliphatic hydroxyl groups is 1. The second-order valence-corrected chi connectivity index (χ2v) is 42.1. The van der Waals surface area contributed by atoms with Crippen LogP contribution in [-0.2, 0) is 67.6 Å². The minimum absolute atomic E-state index is 0.0146. The van der Waals surface area contributed by atoms with Crippen LogP contribution in [0.1, 0.15) is 116 Å². The molecule has 12 aromatic carbocycles. The second kappa shape index (κ2) is 40.9. The van der Waals surface area contributed by atoms with Crippen LogP contribution in [0.4, 0.5) is 0 Å². The SMILES string of the molecule is CC(=O)[O-].O=C([O-])C12CC3CC(CC(C3)C1)C2.O=C([O-])C12CC3CC(CC(O)(C3)C1)C2.O=C1C2CC3CC1CC(C(=O)[O-])(C3)C2.c1ccc([S+](c2ccccc2)c2ccccc2)cc1.c1ccc([S+](c2ccccc2)c2ccccc2)cc1.c1ccc([S+](c2ccccc2)c2ccccc2)cc1.c1ccc([S+](c2ccccc2)c2ccccc2)cc1. The van der Waals surface area contributed by atoms with Crippen LogP contribution in [0.2, 0.25) is 0 Å². The summed E-state index contributed by atoms with van der Waals surface area (Å²) in [7, 11) is -0.0585. The molecule has 0 saturated heterocycles. The number of benzene rings is 12. The highest BCUT2D eigenvalue weighted by molar-refractivity contribution is 7.98. The van der Waals surface area contributed by atoms with Crippen molar-refractivity contribution in [3.63, 3.8) is 0 Å². The Morgan fingerprint density at radius 3 is 0.579 bits per heavy atom. The number of carboxylic acid groups (broad SMARTS) is 4. The van der Waals surface area contributed by atoms with Crippen LogP contribution in [0.25, 0.3) is 0 Å². The zero-order valence-corrected chi connectivity index (χ0v) is 71.8. The first-order valence-electron chi connectivity index (χ1n) is 42.5. The van der Waals surface area contributed by atoms with Gasteiger partial charge in [0.2, 0.25) is 0 Å². The van der Waals surface area contributed by atoms with E-state index < -0.39 is 45.7 Å². The van der Waals surface area contributed by atoms with Gasteiger partial charge >= 0.3 is 0 Å². The minimum Gasteiger partial charge on any atom is -0.550 e. The molecule has 0 aliphatic heterocycles. The zero-order chi connectivity index (χ0) is 84.2. The molecule has 121 heavy (non-hydrogen) atoms. The fourth-order valence-corrected chi connectivity index (χ4v) is 29.5. The lowest BCUT2D eigenvalue weighted by atomic mass is 9.48. The first-order chi connectivity index (χ1) is 58.8. The molecule has 4 unspecified atom stereocenters. The summed E-state index contributed by atoms with van der Waals surface area (Å²) >= 11 is 0. The van der Waals surface area contributed by atoms with Crippen LogP contribution >= 0.6 is 0 Å². The minimum atomic E-state index is -1.08. The maximum atomic E-state index is 11.7. The van der Waals surface area contributed by atoms with Gasteiger partial charge in [-0.2, -0.15) is 0 Å². The smallest absolute Gasteiger partial charge is 0.166 e. The quantitative estimate of drug-likeness (QED) is 0.0964. The fraction of sp³-hybridized carbons (Fsp3) is 0.280. The van der Waals surface area contributed by atoms with E-state index in [1.54, 1.807) is 0 Å². The lowest BCUT2D eigenvalue weighted by Gasteiger charge is -2.60. The van der Waals surface area contributed by atoms with Crippen LogP contribution < -0.4 is 20.4 Å². The molecular weight excluding hydrogens is 1570 g/mol. The Labute approximate surface area is 725 Å². The average molecular weight is 1680 g/mol. The van der Waals surface area contributed by atoms with E-state index in [0.717, 1.165) is 77.6 Å². The first-order valence-corrected chi connectivity index (χ1v) is 47.4. The highest BCUT2D eigenvalue weighted by Gasteiger charge is 2.59. The highest BCUT2D eigenvalue weighted by atomic mass is 32.2. The molecule has 24 rings (SSSR count). The number of hydrogen-bond donors (Lipinski definition) is 1. The molecule has 12 aliphatic carbocycles. The third-order valence-electron chi connectivity index (χ3n) is 25.1. The average Bonchev–Trinajstić information content (AvgIpc) is 0.722. The molecule has 12 fully saturated rings. The largest absolute Gasteiger partial charge is 0.550 e. The molecule has 0 radical (unpaired) electrons. The Bertz CT molecular complexity index is 4340. The van der Waals surface area contributed by atoms with E-state index in [4.69, 9.17) is 9.90 Å². The number of aliphatic carboxylic acids is 4. The van der Waals surface area contributed by atoms with Gasteiger partial charge in [0.15, 0.2) is 58.7 Å². The van der Waals surface area contributed by atoms with Gasteiger partial charge in [-0.3, -0.25) is 4.79 Å². The van der Waals surface area contributed by atoms with E-state index >= 15 is 0 Å². The molecule has 12 saturated carbocycles. The summed E-state index contributed by atoms with van der Waals surface area (Å²) < 4.78 is 0. The molecular formula is C107H106O10S4. The summed E-state index contributed by atoms with van der Waals surface area (Å²) in [5, 5.41) is 52.6. The van der Waals surface area contributed by atoms with Crippen molar-refractivity contribution >= 4 is 73.2 Å². The predicted molar refractivity (Wildman–Crippen MR) is 475 cm³/mol. The molecule has 4 atom stereocenters. The van der Waals surface area contributed by atoms with Gasteiger partial charge in [0.05, 0.1) is 49.2 Å². The first kappa shape index (κ1) is 86.9. The Kier molecular flexibility index (Phi) is 29.4. The maximum absolute atomic E-state index is 11.7. The Morgan fingerprint density at radius 2 is 0.405 bits per heavy atom. The summed E-state index contributed by atoms with van der Waals surface area (Å²) in [4.78, 5) is 70.4. The third kappa shape index (κ3) is 22.1. The van der Waals surface area contributed by atoms with Crippen molar-refractivity contribution in [2.45, 2.75) is 180 Å². The van der Waals surface area contributed by atoms with E-state index in [1.807, 2.05) is 0 Å². The maximum Gasteiger partial charge on any atom is 0.166 e. The summed E-state index contributed by atoms with van der Waals surface area (Å²) in [5.74, 6) is 0.205.